The van der Waals surface area contributed by atoms with Gasteiger partial charge in [-0.25, -0.2) is 0 Å². The van der Waals surface area contributed by atoms with Crippen molar-refractivity contribution in [3.8, 4) is 0 Å². The van der Waals surface area contributed by atoms with E-state index in [0.717, 1.165) is 22.5 Å². The summed E-state index contributed by atoms with van der Waals surface area (Å²) in [4.78, 5) is 11.0. The van der Waals surface area contributed by atoms with E-state index in [1.165, 1.54) is 0 Å². The van der Waals surface area contributed by atoms with Crippen LogP contribution in [-0.2, 0) is 17.8 Å². The Kier molecular flexibility index (Phi) is 5.44. The number of carbonyl (C=O) groups is 1. The Morgan fingerprint density at radius 2 is 2.29 bits per heavy atom. The topological polar surface area (TPSA) is 86.9 Å². The summed E-state index contributed by atoms with van der Waals surface area (Å²) in [5.41, 5.74) is 5.21. The van der Waals surface area contributed by atoms with E-state index >= 15 is 0 Å². The third-order valence-corrected chi connectivity index (χ3v) is 4.22. The summed E-state index contributed by atoms with van der Waals surface area (Å²) in [6.45, 7) is 4.89. The summed E-state index contributed by atoms with van der Waals surface area (Å²) >= 11 is 1.66. The number of aryl methyl sites for hydroxylation is 1. The van der Waals surface area contributed by atoms with Crippen LogP contribution in [0.15, 0.2) is 28.0 Å². The second-order valence-corrected chi connectivity index (χ2v) is 6.22. The molecule has 0 aliphatic carbocycles. The van der Waals surface area contributed by atoms with Crippen LogP contribution in [0.4, 0.5) is 0 Å². The van der Waals surface area contributed by atoms with Gasteiger partial charge in [0.25, 0.3) is 0 Å². The smallest absolute Gasteiger partial charge is 0.217 e. The highest BCUT2D eigenvalue weighted by Crippen LogP contribution is 2.21. The predicted molar refractivity (Wildman–Crippen MR) is 80.9 cm³/mol. The molecule has 0 aliphatic heterocycles. The van der Waals surface area contributed by atoms with Crippen molar-refractivity contribution in [2.24, 2.45) is 11.7 Å². The fourth-order valence-electron chi connectivity index (χ4n) is 1.80. The molecule has 0 fully saturated rings. The number of thioether (sulfide) groups is 1. The first-order valence-electron chi connectivity index (χ1n) is 6.92. The van der Waals surface area contributed by atoms with E-state index in [4.69, 9.17) is 10.2 Å². The number of primary amides is 1. The van der Waals surface area contributed by atoms with E-state index in [-0.39, 0.29) is 12.3 Å². The standard InChI is InChI=1S/C14H20N4O2S/c1-10(2)9-21-14-17-16-13(6-5-12(15)19)18(14)8-11-4-3-7-20-11/h3-4,7,10H,5-6,8-9H2,1-2H3,(H2,15,19). The average Bonchev–Trinajstić information content (AvgIpc) is 3.05. The van der Waals surface area contributed by atoms with Crippen molar-refractivity contribution >= 4 is 17.7 Å². The maximum Gasteiger partial charge on any atom is 0.217 e. The fourth-order valence-corrected chi connectivity index (χ4v) is 2.71. The molecule has 21 heavy (non-hydrogen) atoms. The SMILES string of the molecule is CC(C)CSc1nnc(CCC(N)=O)n1Cc1ccco1. The first kappa shape index (κ1) is 15.6. The van der Waals surface area contributed by atoms with Gasteiger partial charge in [-0.2, -0.15) is 0 Å². The van der Waals surface area contributed by atoms with Gasteiger partial charge in [0.1, 0.15) is 11.6 Å². The van der Waals surface area contributed by atoms with Crippen LogP contribution in [0.1, 0.15) is 31.9 Å². The normalized spacial score (nSPS) is 11.2. The van der Waals surface area contributed by atoms with Gasteiger partial charge < -0.3 is 10.2 Å². The number of aromatic nitrogens is 3. The minimum absolute atomic E-state index is 0.269. The molecule has 0 saturated heterocycles. The molecule has 0 unspecified atom stereocenters. The van der Waals surface area contributed by atoms with E-state index in [2.05, 4.69) is 24.0 Å². The number of hydrogen-bond donors (Lipinski definition) is 1. The van der Waals surface area contributed by atoms with Crippen molar-refractivity contribution in [2.75, 3.05) is 5.75 Å². The largest absolute Gasteiger partial charge is 0.467 e. The van der Waals surface area contributed by atoms with Crippen molar-refractivity contribution in [2.45, 2.75) is 38.4 Å². The molecule has 0 atom stereocenters. The molecular weight excluding hydrogens is 288 g/mol. The summed E-state index contributed by atoms with van der Waals surface area (Å²) in [6, 6.07) is 3.76. The number of rotatable bonds is 8. The number of hydrogen-bond acceptors (Lipinski definition) is 5. The number of carbonyl (C=O) groups excluding carboxylic acids is 1. The second kappa shape index (κ2) is 7.31. The molecule has 0 radical (unpaired) electrons. The van der Waals surface area contributed by atoms with Crippen molar-refractivity contribution in [3.63, 3.8) is 0 Å². The van der Waals surface area contributed by atoms with E-state index in [9.17, 15) is 4.79 Å². The zero-order chi connectivity index (χ0) is 15.2. The maximum absolute atomic E-state index is 11.0. The van der Waals surface area contributed by atoms with Crippen molar-refractivity contribution in [1.82, 2.24) is 14.8 Å². The van der Waals surface area contributed by atoms with Crippen molar-refractivity contribution in [1.29, 1.82) is 0 Å². The molecule has 2 N–H and O–H groups in total. The van der Waals surface area contributed by atoms with Crippen molar-refractivity contribution in [3.05, 3.63) is 30.0 Å². The Balaban J connectivity index is 2.17. The summed E-state index contributed by atoms with van der Waals surface area (Å²) in [5.74, 6) is 2.79. The van der Waals surface area contributed by atoms with Gasteiger partial charge in [-0.15, -0.1) is 10.2 Å². The molecule has 2 aromatic heterocycles. The average molecular weight is 308 g/mol. The van der Waals surface area contributed by atoms with Gasteiger partial charge in [-0.05, 0) is 18.1 Å². The highest BCUT2D eigenvalue weighted by atomic mass is 32.2. The van der Waals surface area contributed by atoms with Crippen LogP contribution in [0.5, 0.6) is 0 Å². The monoisotopic (exact) mass is 308 g/mol. The molecular formula is C14H20N4O2S. The summed E-state index contributed by atoms with van der Waals surface area (Å²) in [6.07, 6.45) is 2.40. The molecule has 0 aromatic carbocycles. The van der Waals surface area contributed by atoms with E-state index in [0.29, 0.717) is 18.9 Å². The third kappa shape index (κ3) is 4.63. The molecule has 2 rings (SSSR count). The molecule has 114 valence electrons. The van der Waals surface area contributed by atoms with Crippen LogP contribution in [-0.4, -0.2) is 26.4 Å². The fraction of sp³-hybridized carbons (Fsp3) is 0.500. The van der Waals surface area contributed by atoms with Crippen LogP contribution in [0.3, 0.4) is 0 Å². The van der Waals surface area contributed by atoms with Gasteiger partial charge >= 0.3 is 0 Å². The molecule has 2 heterocycles. The van der Waals surface area contributed by atoms with Crippen LogP contribution in [0.2, 0.25) is 0 Å². The van der Waals surface area contributed by atoms with Gasteiger partial charge in [0, 0.05) is 18.6 Å². The number of amides is 1. The Morgan fingerprint density at radius 3 is 2.90 bits per heavy atom. The second-order valence-electron chi connectivity index (χ2n) is 5.24. The van der Waals surface area contributed by atoms with Gasteiger partial charge in [0.2, 0.25) is 5.91 Å². The summed E-state index contributed by atoms with van der Waals surface area (Å²) in [5, 5.41) is 9.26. The minimum Gasteiger partial charge on any atom is -0.467 e. The summed E-state index contributed by atoms with van der Waals surface area (Å²) < 4.78 is 7.39. The maximum atomic E-state index is 11.0. The zero-order valence-electron chi connectivity index (χ0n) is 12.3. The van der Waals surface area contributed by atoms with Gasteiger partial charge in [0.15, 0.2) is 5.16 Å². The van der Waals surface area contributed by atoms with Gasteiger partial charge in [0.05, 0.1) is 12.8 Å². The lowest BCUT2D eigenvalue weighted by molar-refractivity contribution is -0.118. The number of nitrogens with two attached hydrogens (primary N) is 1. The molecule has 0 saturated carbocycles. The lowest BCUT2D eigenvalue weighted by Gasteiger charge is -2.09. The third-order valence-electron chi connectivity index (χ3n) is 2.83. The van der Waals surface area contributed by atoms with E-state index < -0.39 is 0 Å². The Morgan fingerprint density at radius 1 is 1.48 bits per heavy atom. The number of furan rings is 1. The highest BCUT2D eigenvalue weighted by molar-refractivity contribution is 7.99. The molecule has 6 nitrogen and oxygen atoms in total. The highest BCUT2D eigenvalue weighted by Gasteiger charge is 2.15. The van der Waals surface area contributed by atoms with Crippen molar-refractivity contribution < 1.29 is 9.21 Å². The van der Waals surface area contributed by atoms with Crippen LogP contribution >= 0.6 is 11.8 Å². The lowest BCUT2D eigenvalue weighted by atomic mass is 10.3. The van der Waals surface area contributed by atoms with Crippen LogP contribution in [0, 0.1) is 5.92 Å². The molecule has 0 aliphatic rings. The predicted octanol–water partition coefficient (Wildman–Crippen LogP) is 2.09. The lowest BCUT2D eigenvalue weighted by Crippen LogP contribution is -2.14. The molecule has 2 aromatic rings. The zero-order valence-corrected chi connectivity index (χ0v) is 13.1. The van der Waals surface area contributed by atoms with E-state index in [1.54, 1.807) is 18.0 Å². The quantitative estimate of drug-likeness (QED) is 0.754. The van der Waals surface area contributed by atoms with E-state index in [1.807, 2.05) is 16.7 Å². The number of nitrogens with zero attached hydrogens (tertiary/aromatic N) is 3. The Hall–Kier alpha value is -1.76. The Labute approximate surface area is 128 Å². The minimum atomic E-state index is -0.334. The molecule has 7 heteroatoms. The van der Waals surface area contributed by atoms with Gasteiger partial charge in [-0.1, -0.05) is 25.6 Å². The molecule has 0 spiro atoms. The van der Waals surface area contributed by atoms with Crippen LogP contribution in [0.25, 0.3) is 0 Å². The molecule has 0 bridgehead atoms. The summed E-state index contributed by atoms with van der Waals surface area (Å²) in [7, 11) is 0. The molecule has 1 amide bonds. The first-order valence-corrected chi connectivity index (χ1v) is 7.90. The Bertz CT molecular complexity index is 578. The van der Waals surface area contributed by atoms with Crippen LogP contribution < -0.4 is 5.73 Å². The van der Waals surface area contributed by atoms with Gasteiger partial charge in [-0.3, -0.25) is 9.36 Å². The first-order chi connectivity index (χ1) is 10.1.